The predicted octanol–water partition coefficient (Wildman–Crippen LogP) is 2.77. The quantitative estimate of drug-likeness (QED) is 0.462. The van der Waals surface area contributed by atoms with Crippen LogP contribution in [0.5, 0.6) is 0 Å². The van der Waals surface area contributed by atoms with E-state index in [1.54, 1.807) is 22.3 Å². The van der Waals surface area contributed by atoms with Crippen LogP contribution in [0, 0.1) is 0 Å². The van der Waals surface area contributed by atoms with Gasteiger partial charge in [0.15, 0.2) is 11.5 Å². The Hall–Kier alpha value is -3.01. The highest BCUT2D eigenvalue weighted by Gasteiger charge is 2.19. The van der Waals surface area contributed by atoms with E-state index in [-0.39, 0.29) is 5.91 Å². The van der Waals surface area contributed by atoms with E-state index in [0.717, 1.165) is 27.4 Å². The van der Waals surface area contributed by atoms with Crippen LogP contribution in [-0.4, -0.2) is 47.9 Å². The van der Waals surface area contributed by atoms with E-state index in [1.165, 1.54) is 0 Å². The van der Waals surface area contributed by atoms with Gasteiger partial charge in [-0.1, -0.05) is 13.0 Å². The lowest BCUT2D eigenvalue weighted by Gasteiger charge is -2.15. The summed E-state index contributed by atoms with van der Waals surface area (Å²) in [5.41, 5.74) is 2.20. The van der Waals surface area contributed by atoms with Gasteiger partial charge in [0.25, 0.3) is 0 Å². The summed E-state index contributed by atoms with van der Waals surface area (Å²) in [5.74, 6) is 0.890. The lowest BCUT2D eigenvalue weighted by molar-refractivity contribution is -0.121. The summed E-state index contributed by atoms with van der Waals surface area (Å²) in [7, 11) is 1.84. The molecule has 3 aromatic heterocycles. The molecule has 0 radical (unpaired) electrons. The number of carbonyl (C=O) groups excluding carboxylic acids is 1. The molecule has 0 saturated heterocycles. The minimum atomic E-state index is -0.483. The average molecular weight is 457 g/mol. The van der Waals surface area contributed by atoms with Gasteiger partial charge in [-0.2, -0.15) is 9.61 Å². The van der Waals surface area contributed by atoms with Crippen molar-refractivity contribution in [3.05, 3.63) is 35.1 Å². The molecule has 29 heavy (non-hydrogen) atoms. The van der Waals surface area contributed by atoms with Crippen LogP contribution in [-0.2, 0) is 11.8 Å². The third-order valence-corrected chi connectivity index (χ3v) is 5.14. The van der Waals surface area contributed by atoms with E-state index < -0.39 is 6.04 Å². The van der Waals surface area contributed by atoms with Crippen LogP contribution >= 0.6 is 15.9 Å². The molecule has 3 heterocycles. The first-order valence-corrected chi connectivity index (χ1v) is 10.2. The third kappa shape index (κ3) is 3.67. The van der Waals surface area contributed by atoms with Crippen LogP contribution in [0.15, 0.2) is 35.1 Å². The molecule has 10 heteroatoms. The first-order chi connectivity index (χ1) is 14.0. The minimum absolute atomic E-state index is 0.0957. The van der Waals surface area contributed by atoms with Gasteiger partial charge < -0.3 is 10.6 Å². The minimum Gasteiger partial charge on any atom is -0.354 e. The molecule has 0 aliphatic carbocycles. The van der Waals surface area contributed by atoms with Crippen LogP contribution in [0.3, 0.4) is 0 Å². The summed E-state index contributed by atoms with van der Waals surface area (Å²) in [6, 6.07) is 5.32. The summed E-state index contributed by atoms with van der Waals surface area (Å²) >= 11 is 3.56. The van der Waals surface area contributed by atoms with Gasteiger partial charge >= 0.3 is 0 Å². The Morgan fingerprint density at radius 2 is 2.14 bits per heavy atom. The molecular weight excluding hydrogens is 436 g/mol. The van der Waals surface area contributed by atoms with Crippen molar-refractivity contribution in [2.75, 3.05) is 11.9 Å². The Bertz CT molecular complexity index is 1200. The predicted molar refractivity (Wildman–Crippen MR) is 115 cm³/mol. The molecule has 0 saturated carbocycles. The molecule has 1 aromatic carbocycles. The van der Waals surface area contributed by atoms with Crippen molar-refractivity contribution in [3.63, 3.8) is 0 Å². The van der Waals surface area contributed by atoms with E-state index in [0.29, 0.717) is 24.0 Å². The Kier molecular flexibility index (Phi) is 5.18. The Labute approximate surface area is 175 Å². The number of halogens is 1. The third-order valence-electron chi connectivity index (χ3n) is 4.50. The van der Waals surface area contributed by atoms with Gasteiger partial charge in [0.1, 0.15) is 6.04 Å². The van der Waals surface area contributed by atoms with E-state index in [4.69, 9.17) is 9.97 Å². The molecule has 0 bridgehead atoms. The number of para-hydroxylation sites is 1. The number of anilines is 1. The Balaban J connectivity index is 1.84. The SMILES string of the molecule is CCCNC(=O)[C@H](C)Nc1nc2c(Br)cccc2c2nc(-c3cnn(C)c3)nn12. The van der Waals surface area contributed by atoms with E-state index >= 15 is 0 Å². The summed E-state index contributed by atoms with van der Waals surface area (Å²) in [6.07, 6.45) is 4.45. The first kappa shape index (κ1) is 19.3. The van der Waals surface area contributed by atoms with Crippen molar-refractivity contribution in [2.24, 2.45) is 7.05 Å². The number of amides is 1. The van der Waals surface area contributed by atoms with Gasteiger partial charge in [-0.25, -0.2) is 9.97 Å². The number of carbonyl (C=O) groups is 1. The molecule has 9 nitrogen and oxygen atoms in total. The van der Waals surface area contributed by atoms with Crippen LogP contribution < -0.4 is 10.6 Å². The smallest absolute Gasteiger partial charge is 0.242 e. The number of rotatable bonds is 6. The average Bonchev–Trinajstić information content (AvgIpc) is 3.33. The van der Waals surface area contributed by atoms with Gasteiger partial charge in [0.05, 0.1) is 17.3 Å². The number of aryl methyl sites for hydroxylation is 1. The van der Waals surface area contributed by atoms with Gasteiger partial charge in [-0.3, -0.25) is 9.48 Å². The van der Waals surface area contributed by atoms with Gasteiger partial charge in [0, 0.05) is 29.6 Å². The Morgan fingerprint density at radius 1 is 1.31 bits per heavy atom. The van der Waals surface area contributed by atoms with Crippen LogP contribution in [0.1, 0.15) is 20.3 Å². The van der Waals surface area contributed by atoms with Crippen LogP contribution in [0.25, 0.3) is 27.9 Å². The fraction of sp³-hybridized carbons (Fsp3) is 0.316. The van der Waals surface area contributed by atoms with Gasteiger partial charge in [0.2, 0.25) is 11.9 Å². The number of aromatic nitrogens is 6. The second-order valence-electron chi connectivity index (χ2n) is 6.80. The van der Waals surface area contributed by atoms with Crippen LogP contribution in [0.4, 0.5) is 5.95 Å². The Morgan fingerprint density at radius 3 is 2.86 bits per heavy atom. The molecule has 0 unspecified atom stereocenters. The van der Waals surface area contributed by atoms with Crippen molar-refractivity contribution in [3.8, 4) is 11.4 Å². The standard InChI is InChI=1S/C19H21BrN8O/c1-4-8-21-18(29)11(2)23-19-24-15-13(6-5-7-14(15)20)17-25-16(26-28(17)19)12-9-22-27(3)10-12/h5-7,9-11H,4,8H2,1-3H3,(H,21,29)(H,23,24)/t11-/m0/s1. The maximum Gasteiger partial charge on any atom is 0.242 e. The highest BCUT2D eigenvalue weighted by atomic mass is 79.9. The van der Waals surface area contributed by atoms with E-state index in [1.807, 2.05) is 38.4 Å². The highest BCUT2D eigenvalue weighted by molar-refractivity contribution is 9.10. The zero-order valence-electron chi connectivity index (χ0n) is 16.3. The van der Waals surface area contributed by atoms with Crippen molar-refractivity contribution in [1.82, 2.24) is 34.7 Å². The zero-order chi connectivity index (χ0) is 20.5. The van der Waals surface area contributed by atoms with E-state index in [9.17, 15) is 4.79 Å². The van der Waals surface area contributed by atoms with Gasteiger partial charge in [-0.15, -0.1) is 5.10 Å². The molecule has 0 spiro atoms. The van der Waals surface area contributed by atoms with Crippen molar-refractivity contribution in [1.29, 1.82) is 0 Å². The number of hydrogen-bond donors (Lipinski definition) is 2. The number of nitrogens with zero attached hydrogens (tertiary/aromatic N) is 6. The molecule has 150 valence electrons. The second-order valence-corrected chi connectivity index (χ2v) is 7.66. The maximum absolute atomic E-state index is 12.3. The van der Waals surface area contributed by atoms with Crippen molar-refractivity contribution < 1.29 is 4.79 Å². The summed E-state index contributed by atoms with van der Waals surface area (Å²) in [5, 5.41) is 15.8. The molecule has 1 atom stereocenters. The number of fused-ring (bicyclic) bond motifs is 3. The fourth-order valence-electron chi connectivity index (χ4n) is 3.01. The van der Waals surface area contributed by atoms with Crippen LogP contribution in [0.2, 0.25) is 0 Å². The second kappa shape index (κ2) is 7.78. The molecule has 2 N–H and O–H groups in total. The summed E-state index contributed by atoms with van der Waals surface area (Å²) < 4.78 is 4.18. The molecule has 0 aliphatic rings. The zero-order valence-corrected chi connectivity index (χ0v) is 17.9. The first-order valence-electron chi connectivity index (χ1n) is 9.36. The van der Waals surface area contributed by atoms with Crippen molar-refractivity contribution >= 4 is 44.3 Å². The highest BCUT2D eigenvalue weighted by Crippen LogP contribution is 2.28. The number of nitrogens with one attached hydrogen (secondary N) is 2. The summed E-state index contributed by atoms with van der Waals surface area (Å²) in [4.78, 5) is 21.8. The number of benzene rings is 1. The topological polar surface area (TPSA) is 102 Å². The maximum atomic E-state index is 12.3. The van der Waals surface area contributed by atoms with E-state index in [2.05, 4.69) is 36.8 Å². The largest absolute Gasteiger partial charge is 0.354 e. The lowest BCUT2D eigenvalue weighted by Crippen LogP contribution is -2.38. The van der Waals surface area contributed by atoms with Gasteiger partial charge in [-0.05, 0) is 41.4 Å². The normalized spacial score (nSPS) is 12.4. The molecular formula is C19H21BrN8O. The fourth-order valence-corrected chi connectivity index (χ4v) is 3.46. The molecule has 1 amide bonds. The lowest BCUT2D eigenvalue weighted by atomic mass is 10.2. The summed E-state index contributed by atoms with van der Waals surface area (Å²) in [6.45, 7) is 4.44. The molecule has 4 aromatic rings. The number of hydrogen-bond acceptors (Lipinski definition) is 6. The molecule has 4 rings (SSSR count). The van der Waals surface area contributed by atoms with Crippen molar-refractivity contribution in [2.45, 2.75) is 26.3 Å². The monoisotopic (exact) mass is 456 g/mol. The molecule has 0 fully saturated rings. The molecule has 0 aliphatic heterocycles.